The van der Waals surface area contributed by atoms with Crippen molar-refractivity contribution in [2.24, 2.45) is 0 Å². The molecule has 2 amide bonds. The number of imide groups is 1. The van der Waals surface area contributed by atoms with E-state index in [9.17, 15) is 22.8 Å². The maximum absolute atomic E-state index is 13.5. The van der Waals surface area contributed by atoms with Gasteiger partial charge in [-0.05, 0) is 47.7 Å². The Labute approximate surface area is 201 Å². The van der Waals surface area contributed by atoms with Crippen LogP contribution in [0.1, 0.15) is 22.3 Å². The van der Waals surface area contributed by atoms with Crippen molar-refractivity contribution in [1.29, 1.82) is 0 Å². The Kier molecular flexibility index (Phi) is 6.92. The molecule has 176 valence electrons. The van der Waals surface area contributed by atoms with Crippen LogP contribution in [0.3, 0.4) is 0 Å². The molecule has 1 aliphatic heterocycles. The van der Waals surface area contributed by atoms with Gasteiger partial charge in [0.05, 0.1) is 24.8 Å². The number of nitrogens with zero attached hydrogens (tertiary/aromatic N) is 2. The maximum atomic E-state index is 13.5. The van der Waals surface area contributed by atoms with Crippen LogP contribution in [0.4, 0.5) is 5.69 Å². The topological polar surface area (TPSA) is 101 Å². The van der Waals surface area contributed by atoms with Gasteiger partial charge in [-0.15, -0.1) is 11.3 Å². The van der Waals surface area contributed by atoms with E-state index >= 15 is 0 Å². The number of sulfonamides is 1. The summed E-state index contributed by atoms with van der Waals surface area (Å²) >= 11 is 1.06. The SMILES string of the molecule is COC(=O)c1ccc(N2C(=O)CC(N(CCc3ccccc3)S(=O)(=O)c3cccs3)C2=O)cc1. The van der Waals surface area contributed by atoms with Crippen LogP contribution in [-0.2, 0) is 30.8 Å². The summed E-state index contributed by atoms with van der Waals surface area (Å²) in [4.78, 5) is 38.9. The van der Waals surface area contributed by atoms with E-state index in [0.29, 0.717) is 6.42 Å². The molecule has 0 saturated carbocycles. The molecular formula is C24H22N2O6S2. The molecular weight excluding hydrogens is 476 g/mol. The molecule has 1 unspecified atom stereocenters. The number of thiophene rings is 1. The first kappa shape index (κ1) is 23.8. The van der Waals surface area contributed by atoms with Crippen molar-refractivity contribution in [3.05, 3.63) is 83.2 Å². The standard InChI is InChI=1S/C24H22N2O6S2/c1-32-24(29)18-9-11-19(12-10-18)26-21(27)16-20(23(26)28)25(14-13-17-6-3-2-4-7-17)34(30,31)22-8-5-15-33-22/h2-12,15,20H,13-14,16H2,1H3. The Morgan fingerprint density at radius 2 is 1.76 bits per heavy atom. The minimum Gasteiger partial charge on any atom is -0.465 e. The quantitative estimate of drug-likeness (QED) is 0.349. The van der Waals surface area contributed by atoms with Gasteiger partial charge in [-0.2, -0.15) is 4.31 Å². The first-order chi connectivity index (χ1) is 16.3. The molecule has 1 aromatic heterocycles. The lowest BCUT2D eigenvalue weighted by atomic mass is 10.1. The monoisotopic (exact) mass is 498 g/mol. The molecule has 2 heterocycles. The van der Waals surface area contributed by atoms with Crippen LogP contribution in [0.15, 0.2) is 76.3 Å². The Bertz CT molecular complexity index is 1290. The predicted molar refractivity (Wildman–Crippen MR) is 127 cm³/mol. The van der Waals surface area contributed by atoms with Crippen LogP contribution in [0.25, 0.3) is 0 Å². The Balaban J connectivity index is 1.64. The lowest BCUT2D eigenvalue weighted by Crippen LogP contribution is -2.46. The molecule has 0 N–H and O–H groups in total. The van der Waals surface area contributed by atoms with E-state index in [1.165, 1.54) is 37.4 Å². The molecule has 3 aromatic rings. The highest BCUT2D eigenvalue weighted by molar-refractivity contribution is 7.91. The number of carbonyl (C=O) groups is 3. The van der Waals surface area contributed by atoms with Crippen molar-refractivity contribution in [3.63, 3.8) is 0 Å². The number of anilines is 1. The van der Waals surface area contributed by atoms with Gasteiger partial charge in [0.1, 0.15) is 10.3 Å². The lowest BCUT2D eigenvalue weighted by Gasteiger charge is -2.26. The molecule has 1 atom stereocenters. The van der Waals surface area contributed by atoms with Crippen LogP contribution in [-0.4, -0.2) is 50.2 Å². The zero-order chi connectivity index (χ0) is 24.3. The summed E-state index contributed by atoms with van der Waals surface area (Å²) in [6.07, 6.45) is 0.119. The molecule has 0 spiro atoms. The van der Waals surface area contributed by atoms with Crippen molar-refractivity contribution in [3.8, 4) is 0 Å². The lowest BCUT2D eigenvalue weighted by molar-refractivity contribution is -0.122. The number of benzene rings is 2. The van der Waals surface area contributed by atoms with Crippen LogP contribution in [0.5, 0.6) is 0 Å². The molecule has 8 nitrogen and oxygen atoms in total. The molecule has 1 aliphatic rings. The van der Waals surface area contributed by atoms with E-state index in [-0.39, 0.29) is 28.4 Å². The number of methoxy groups -OCH3 is 1. The normalized spacial score (nSPS) is 16.3. The highest BCUT2D eigenvalue weighted by atomic mass is 32.2. The van der Waals surface area contributed by atoms with Crippen molar-refractivity contribution in [1.82, 2.24) is 4.31 Å². The molecule has 4 rings (SSSR count). The zero-order valence-electron chi connectivity index (χ0n) is 18.3. The fourth-order valence-corrected chi connectivity index (χ4v) is 6.53. The minimum atomic E-state index is -4.00. The van der Waals surface area contributed by atoms with Gasteiger partial charge in [0.15, 0.2) is 0 Å². The third kappa shape index (κ3) is 4.65. The molecule has 2 aromatic carbocycles. The molecule has 10 heteroatoms. The van der Waals surface area contributed by atoms with Gasteiger partial charge >= 0.3 is 5.97 Å². The molecule has 34 heavy (non-hydrogen) atoms. The summed E-state index contributed by atoms with van der Waals surface area (Å²) in [5.74, 6) is -1.67. The molecule has 1 saturated heterocycles. The third-order valence-electron chi connectivity index (χ3n) is 5.54. The molecule has 1 fully saturated rings. The fourth-order valence-electron chi connectivity index (χ4n) is 3.83. The first-order valence-corrected chi connectivity index (χ1v) is 12.8. The summed E-state index contributed by atoms with van der Waals surface area (Å²) < 4.78 is 32.8. The van der Waals surface area contributed by atoms with Crippen molar-refractivity contribution in [2.75, 3.05) is 18.6 Å². The van der Waals surface area contributed by atoms with E-state index in [1.807, 2.05) is 30.3 Å². The minimum absolute atomic E-state index is 0.0447. The van der Waals surface area contributed by atoms with Crippen molar-refractivity contribution < 1.29 is 27.5 Å². The van der Waals surface area contributed by atoms with Gasteiger partial charge in [-0.3, -0.25) is 9.59 Å². The second kappa shape index (κ2) is 9.88. The number of hydrogen-bond acceptors (Lipinski definition) is 7. The number of carbonyl (C=O) groups excluding carboxylic acids is 3. The van der Waals surface area contributed by atoms with E-state index in [0.717, 1.165) is 26.1 Å². The van der Waals surface area contributed by atoms with Crippen molar-refractivity contribution in [2.45, 2.75) is 23.1 Å². The summed E-state index contributed by atoms with van der Waals surface area (Å²) in [7, 11) is -2.75. The number of amides is 2. The van der Waals surface area contributed by atoms with Gasteiger partial charge in [0.2, 0.25) is 5.91 Å². The summed E-state index contributed by atoms with van der Waals surface area (Å²) in [6.45, 7) is 0.0447. The zero-order valence-corrected chi connectivity index (χ0v) is 19.9. The summed E-state index contributed by atoms with van der Waals surface area (Å²) in [6, 6.07) is 17.1. The fraction of sp³-hybridized carbons (Fsp3) is 0.208. The molecule has 0 radical (unpaired) electrons. The van der Waals surface area contributed by atoms with Crippen LogP contribution in [0, 0.1) is 0 Å². The summed E-state index contributed by atoms with van der Waals surface area (Å²) in [5.41, 5.74) is 1.45. The second-order valence-electron chi connectivity index (χ2n) is 7.61. The predicted octanol–water partition coefficient (Wildman–Crippen LogP) is 3.10. The van der Waals surface area contributed by atoms with Gasteiger partial charge in [-0.25, -0.2) is 18.1 Å². The van der Waals surface area contributed by atoms with E-state index < -0.39 is 33.8 Å². The second-order valence-corrected chi connectivity index (χ2v) is 10.7. The van der Waals surface area contributed by atoms with Crippen LogP contribution in [0.2, 0.25) is 0 Å². The summed E-state index contributed by atoms with van der Waals surface area (Å²) in [5, 5.41) is 1.65. The Morgan fingerprint density at radius 3 is 2.38 bits per heavy atom. The number of esters is 1. The Morgan fingerprint density at radius 1 is 1.06 bits per heavy atom. The van der Waals surface area contributed by atoms with E-state index in [1.54, 1.807) is 11.4 Å². The average molecular weight is 499 g/mol. The van der Waals surface area contributed by atoms with Crippen molar-refractivity contribution >= 4 is 44.8 Å². The largest absolute Gasteiger partial charge is 0.465 e. The number of hydrogen-bond donors (Lipinski definition) is 0. The highest BCUT2D eigenvalue weighted by Gasteiger charge is 2.47. The average Bonchev–Trinajstić information content (AvgIpc) is 3.49. The van der Waals surface area contributed by atoms with Gasteiger partial charge in [-0.1, -0.05) is 36.4 Å². The smallest absolute Gasteiger partial charge is 0.337 e. The van der Waals surface area contributed by atoms with E-state index in [4.69, 9.17) is 0 Å². The number of ether oxygens (including phenoxy) is 1. The maximum Gasteiger partial charge on any atom is 0.337 e. The van der Waals surface area contributed by atoms with Gasteiger partial charge in [0.25, 0.3) is 15.9 Å². The highest BCUT2D eigenvalue weighted by Crippen LogP contribution is 2.31. The Hall–Kier alpha value is -3.34. The van der Waals surface area contributed by atoms with E-state index in [2.05, 4.69) is 4.74 Å². The molecule has 0 bridgehead atoms. The van der Waals surface area contributed by atoms with Crippen LogP contribution >= 0.6 is 11.3 Å². The number of rotatable bonds is 8. The van der Waals surface area contributed by atoms with Gasteiger partial charge in [0, 0.05) is 6.54 Å². The van der Waals surface area contributed by atoms with Gasteiger partial charge < -0.3 is 4.74 Å². The van der Waals surface area contributed by atoms with Crippen LogP contribution < -0.4 is 4.90 Å². The molecule has 0 aliphatic carbocycles. The third-order valence-corrected chi connectivity index (χ3v) is 8.82. The first-order valence-electron chi connectivity index (χ1n) is 10.5.